The quantitative estimate of drug-likeness (QED) is 0.648. The number of nitriles is 1. The molecule has 3 rings (SSSR count). The van der Waals surface area contributed by atoms with E-state index in [-0.39, 0.29) is 12.3 Å². The molecule has 0 N–H and O–H groups in total. The predicted molar refractivity (Wildman–Crippen MR) is 106 cm³/mol. The van der Waals surface area contributed by atoms with Gasteiger partial charge in [-0.25, -0.2) is 0 Å². The fourth-order valence-electron chi connectivity index (χ4n) is 2.87. The fraction of sp³-hybridized carbons (Fsp3) is 0.130. The van der Waals surface area contributed by atoms with E-state index in [4.69, 9.17) is 10.00 Å². The van der Waals surface area contributed by atoms with Crippen LogP contribution in [-0.4, -0.2) is 13.0 Å². The molecule has 3 aromatic rings. The standard InChI is InChI=1S/C23H20N2O2/c1-27-22-12-10-21(11-13-22)25(17-19-6-3-2-4-7-19)23(26)20-9-5-8-18(16-20)14-15-24/h2-13,16H,14,17H2,1H3. The number of benzene rings is 3. The number of carbonyl (C=O) groups excluding carboxylic acids is 1. The summed E-state index contributed by atoms with van der Waals surface area (Å²) in [5.74, 6) is 0.630. The minimum absolute atomic E-state index is 0.108. The molecule has 0 unspecified atom stereocenters. The van der Waals surface area contributed by atoms with Gasteiger partial charge in [0.25, 0.3) is 5.91 Å². The lowest BCUT2D eigenvalue weighted by atomic mass is 10.1. The lowest BCUT2D eigenvalue weighted by Gasteiger charge is -2.23. The average Bonchev–Trinajstić information content (AvgIpc) is 2.73. The van der Waals surface area contributed by atoms with Crippen LogP contribution in [-0.2, 0) is 13.0 Å². The van der Waals surface area contributed by atoms with Gasteiger partial charge in [0, 0.05) is 11.3 Å². The largest absolute Gasteiger partial charge is 0.497 e. The Morgan fingerprint density at radius 2 is 1.67 bits per heavy atom. The maximum atomic E-state index is 13.3. The summed E-state index contributed by atoms with van der Waals surface area (Å²) in [7, 11) is 1.61. The van der Waals surface area contributed by atoms with Crippen molar-refractivity contribution in [2.24, 2.45) is 0 Å². The van der Waals surface area contributed by atoms with Crippen molar-refractivity contribution in [2.75, 3.05) is 12.0 Å². The van der Waals surface area contributed by atoms with Crippen LogP contribution < -0.4 is 9.64 Å². The maximum absolute atomic E-state index is 13.3. The smallest absolute Gasteiger partial charge is 0.258 e. The van der Waals surface area contributed by atoms with Crippen LogP contribution in [0.1, 0.15) is 21.5 Å². The summed E-state index contributed by atoms with van der Waals surface area (Å²) in [6.45, 7) is 0.453. The first-order valence-electron chi connectivity index (χ1n) is 8.67. The van der Waals surface area contributed by atoms with Gasteiger partial charge in [0.05, 0.1) is 26.1 Å². The van der Waals surface area contributed by atoms with Crippen molar-refractivity contribution in [1.29, 1.82) is 5.26 Å². The Balaban J connectivity index is 1.96. The zero-order valence-electron chi connectivity index (χ0n) is 15.1. The normalized spacial score (nSPS) is 10.1. The minimum Gasteiger partial charge on any atom is -0.497 e. The Morgan fingerprint density at radius 1 is 0.963 bits per heavy atom. The summed E-state index contributed by atoms with van der Waals surface area (Å²) >= 11 is 0. The Hall–Kier alpha value is -3.58. The highest BCUT2D eigenvalue weighted by atomic mass is 16.5. The molecule has 3 aromatic carbocycles. The first kappa shape index (κ1) is 18.2. The van der Waals surface area contributed by atoms with Crippen LogP contribution in [0.5, 0.6) is 5.75 Å². The van der Waals surface area contributed by atoms with Crippen molar-refractivity contribution < 1.29 is 9.53 Å². The molecule has 0 aliphatic heterocycles. The molecule has 0 bridgehead atoms. The second-order valence-electron chi connectivity index (χ2n) is 6.11. The molecule has 27 heavy (non-hydrogen) atoms. The number of rotatable bonds is 6. The van der Waals surface area contributed by atoms with Crippen molar-refractivity contribution in [2.45, 2.75) is 13.0 Å². The number of hydrogen-bond acceptors (Lipinski definition) is 3. The molecule has 134 valence electrons. The van der Waals surface area contributed by atoms with Crippen LogP contribution in [0.15, 0.2) is 78.9 Å². The molecule has 0 fully saturated rings. The van der Waals surface area contributed by atoms with Crippen molar-refractivity contribution in [3.63, 3.8) is 0 Å². The van der Waals surface area contributed by atoms with Crippen LogP contribution in [0, 0.1) is 11.3 Å². The molecule has 0 aromatic heterocycles. The van der Waals surface area contributed by atoms with E-state index in [0.717, 1.165) is 22.6 Å². The summed E-state index contributed by atoms with van der Waals surface area (Å²) in [5.41, 5.74) is 3.22. The molecule has 0 saturated heterocycles. The number of hydrogen-bond donors (Lipinski definition) is 0. The molecule has 4 heteroatoms. The summed E-state index contributed by atoms with van der Waals surface area (Å²) in [5, 5.41) is 8.92. The van der Waals surface area contributed by atoms with Gasteiger partial charge in [0.1, 0.15) is 5.75 Å². The molecule has 0 radical (unpaired) electrons. The van der Waals surface area contributed by atoms with Crippen LogP contribution >= 0.6 is 0 Å². The van der Waals surface area contributed by atoms with E-state index in [2.05, 4.69) is 6.07 Å². The third kappa shape index (κ3) is 4.53. The summed E-state index contributed by atoms with van der Waals surface area (Å²) in [6.07, 6.45) is 0.280. The van der Waals surface area contributed by atoms with Gasteiger partial charge in [-0.1, -0.05) is 42.5 Å². The second kappa shape index (κ2) is 8.68. The second-order valence-corrected chi connectivity index (χ2v) is 6.11. The Labute approximate surface area is 159 Å². The van der Waals surface area contributed by atoms with Gasteiger partial charge in [-0.15, -0.1) is 0 Å². The molecule has 0 spiro atoms. The van der Waals surface area contributed by atoms with E-state index in [1.165, 1.54) is 0 Å². The molecule has 0 saturated carbocycles. The third-order valence-corrected chi connectivity index (χ3v) is 4.27. The van der Waals surface area contributed by atoms with E-state index in [9.17, 15) is 4.79 Å². The predicted octanol–water partition coefficient (Wildman–Crippen LogP) is 4.61. The highest BCUT2D eigenvalue weighted by molar-refractivity contribution is 6.06. The summed E-state index contributed by atoms with van der Waals surface area (Å²) in [6, 6.07) is 26.7. The number of anilines is 1. The van der Waals surface area contributed by atoms with Gasteiger partial charge in [-0.2, -0.15) is 5.26 Å². The van der Waals surface area contributed by atoms with Crippen molar-refractivity contribution in [1.82, 2.24) is 0 Å². The molecule has 0 atom stereocenters. The Bertz CT molecular complexity index is 944. The SMILES string of the molecule is COc1ccc(N(Cc2ccccc2)C(=O)c2cccc(CC#N)c2)cc1. The van der Waals surface area contributed by atoms with Crippen LogP contribution in [0.25, 0.3) is 0 Å². The first-order chi connectivity index (χ1) is 13.2. The van der Waals surface area contributed by atoms with E-state index in [1.807, 2.05) is 66.7 Å². The van der Waals surface area contributed by atoms with E-state index >= 15 is 0 Å². The van der Waals surface area contributed by atoms with Crippen molar-refractivity contribution >= 4 is 11.6 Å². The van der Waals surface area contributed by atoms with Gasteiger partial charge in [-0.3, -0.25) is 4.79 Å². The van der Waals surface area contributed by atoms with Gasteiger partial charge in [-0.05, 0) is 47.5 Å². The summed E-state index contributed by atoms with van der Waals surface area (Å²) in [4.78, 5) is 15.0. The zero-order chi connectivity index (χ0) is 19.1. The number of carbonyl (C=O) groups is 1. The summed E-state index contributed by atoms with van der Waals surface area (Å²) < 4.78 is 5.22. The lowest BCUT2D eigenvalue weighted by Crippen LogP contribution is -2.30. The molecular formula is C23H20N2O2. The highest BCUT2D eigenvalue weighted by Crippen LogP contribution is 2.23. The van der Waals surface area contributed by atoms with Gasteiger partial charge in [0.2, 0.25) is 0 Å². The Kier molecular flexibility index (Phi) is 5.86. The first-order valence-corrected chi connectivity index (χ1v) is 8.67. The molecule has 4 nitrogen and oxygen atoms in total. The highest BCUT2D eigenvalue weighted by Gasteiger charge is 2.18. The number of methoxy groups -OCH3 is 1. The molecule has 0 aliphatic carbocycles. The maximum Gasteiger partial charge on any atom is 0.258 e. The number of nitrogens with zero attached hydrogens (tertiary/aromatic N) is 2. The monoisotopic (exact) mass is 356 g/mol. The van der Waals surface area contributed by atoms with Gasteiger partial charge < -0.3 is 9.64 Å². The average molecular weight is 356 g/mol. The third-order valence-electron chi connectivity index (χ3n) is 4.27. The van der Waals surface area contributed by atoms with E-state index in [1.54, 1.807) is 24.1 Å². The zero-order valence-corrected chi connectivity index (χ0v) is 15.1. The van der Waals surface area contributed by atoms with Crippen LogP contribution in [0.3, 0.4) is 0 Å². The topological polar surface area (TPSA) is 53.3 Å². The minimum atomic E-state index is -0.108. The molecular weight excluding hydrogens is 336 g/mol. The van der Waals surface area contributed by atoms with Gasteiger partial charge in [0.15, 0.2) is 0 Å². The van der Waals surface area contributed by atoms with E-state index < -0.39 is 0 Å². The van der Waals surface area contributed by atoms with Gasteiger partial charge >= 0.3 is 0 Å². The van der Waals surface area contributed by atoms with Crippen molar-refractivity contribution in [3.05, 3.63) is 95.6 Å². The lowest BCUT2D eigenvalue weighted by molar-refractivity contribution is 0.0985. The number of amides is 1. The van der Waals surface area contributed by atoms with Crippen molar-refractivity contribution in [3.8, 4) is 11.8 Å². The molecule has 1 amide bonds. The fourth-order valence-corrected chi connectivity index (χ4v) is 2.87. The number of ether oxygens (including phenoxy) is 1. The van der Waals surface area contributed by atoms with Crippen LogP contribution in [0.4, 0.5) is 5.69 Å². The molecule has 0 heterocycles. The van der Waals surface area contributed by atoms with Crippen LogP contribution in [0.2, 0.25) is 0 Å². The van der Waals surface area contributed by atoms with E-state index in [0.29, 0.717) is 12.1 Å². The molecule has 0 aliphatic rings. The Morgan fingerprint density at radius 3 is 2.33 bits per heavy atom.